The molecule has 34 heavy (non-hydrogen) atoms. The van der Waals surface area contributed by atoms with Crippen LogP contribution < -0.4 is 0 Å². The van der Waals surface area contributed by atoms with Gasteiger partial charge in [0.05, 0.1) is 25.3 Å². The molecule has 1 saturated heterocycles. The predicted molar refractivity (Wildman–Crippen MR) is 147 cm³/mol. The van der Waals surface area contributed by atoms with E-state index in [-0.39, 0.29) is 34.4 Å². The monoisotopic (exact) mass is 509 g/mol. The fourth-order valence-electron chi connectivity index (χ4n) is 4.07. The molecule has 0 saturated carbocycles. The van der Waals surface area contributed by atoms with E-state index < -0.39 is 16.6 Å². The van der Waals surface area contributed by atoms with E-state index in [0.717, 1.165) is 6.54 Å². The Labute approximate surface area is 211 Å². The standard InChI is InChI=1S/C27H51NO4Si2/c1-26(2,3)33(9,10)31-19-22-24(29-7)25(30-8)23(20-32-34(11,12)27(4,5)6)28(22)18-21-16-14-13-15-17-21/h13-17,22-25H,18-20H2,1-12H3/t22-,23-,24+,25+/m1/s1. The molecule has 0 bridgehead atoms. The van der Waals surface area contributed by atoms with Crippen LogP contribution in [0.15, 0.2) is 30.3 Å². The highest BCUT2D eigenvalue weighted by molar-refractivity contribution is 6.74. The highest BCUT2D eigenvalue weighted by Crippen LogP contribution is 2.40. The van der Waals surface area contributed by atoms with Gasteiger partial charge in [0.1, 0.15) is 12.2 Å². The predicted octanol–water partition coefficient (Wildman–Crippen LogP) is 6.31. The summed E-state index contributed by atoms with van der Waals surface area (Å²) in [5.41, 5.74) is 1.28. The van der Waals surface area contributed by atoms with Gasteiger partial charge in [0.2, 0.25) is 0 Å². The lowest BCUT2D eigenvalue weighted by atomic mass is 10.1. The van der Waals surface area contributed by atoms with E-state index in [4.69, 9.17) is 18.3 Å². The van der Waals surface area contributed by atoms with Gasteiger partial charge in [-0.05, 0) is 41.8 Å². The largest absolute Gasteiger partial charge is 0.415 e. The molecule has 1 aromatic rings. The average Bonchev–Trinajstić information content (AvgIpc) is 3.01. The Kier molecular flexibility index (Phi) is 9.81. The van der Waals surface area contributed by atoms with Gasteiger partial charge in [-0.2, -0.15) is 0 Å². The van der Waals surface area contributed by atoms with Crippen LogP contribution in [0.1, 0.15) is 47.1 Å². The normalized spacial score (nSPS) is 25.2. The van der Waals surface area contributed by atoms with E-state index in [0.29, 0.717) is 13.2 Å². The van der Waals surface area contributed by atoms with Crippen LogP contribution in [-0.2, 0) is 24.9 Å². The maximum absolute atomic E-state index is 6.75. The van der Waals surface area contributed by atoms with Crippen molar-refractivity contribution in [2.24, 2.45) is 0 Å². The Morgan fingerprint density at radius 3 is 1.41 bits per heavy atom. The lowest BCUT2D eigenvalue weighted by Gasteiger charge is -2.40. The average molecular weight is 510 g/mol. The summed E-state index contributed by atoms with van der Waals surface area (Å²) in [6, 6.07) is 10.9. The van der Waals surface area contributed by atoms with Crippen LogP contribution in [0.5, 0.6) is 0 Å². The zero-order chi connectivity index (χ0) is 25.9. The molecular formula is C27H51NO4Si2. The van der Waals surface area contributed by atoms with E-state index in [2.05, 4.69) is 103 Å². The number of hydrogen-bond acceptors (Lipinski definition) is 5. The molecular weight excluding hydrogens is 458 g/mol. The van der Waals surface area contributed by atoms with E-state index >= 15 is 0 Å². The summed E-state index contributed by atoms with van der Waals surface area (Å²) in [6.45, 7) is 25.1. The van der Waals surface area contributed by atoms with Gasteiger partial charge in [0.15, 0.2) is 16.6 Å². The molecule has 1 aliphatic heterocycles. The van der Waals surface area contributed by atoms with Gasteiger partial charge in [0, 0.05) is 20.8 Å². The molecule has 0 unspecified atom stereocenters. The minimum Gasteiger partial charge on any atom is -0.415 e. The maximum atomic E-state index is 6.75. The molecule has 1 aliphatic rings. The smallest absolute Gasteiger partial charge is 0.192 e. The molecule has 1 aromatic carbocycles. The van der Waals surface area contributed by atoms with Gasteiger partial charge >= 0.3 is 0 Å². The first kappa shape index (κ1) is 29.7. The Bertz CT molecular complexity index is 714. The molecule has 0 amide bonds. The molecule has 196 valence electrons. The molecule has 2 rings (SSSR count). The van der Waals surface area contributed by atoms with E-state index in [1.807, 2.05) is 0 Å². The number of rotatable bonds is 10. The zero-order valence-corrected chi connectivity index (χ0v) is 25.9. The summed E-state index contributed by atoms with van der Waals surface area (Å²) in [5, 5.41) is 0.313. The summed E-state index contributed by atoms with van der Waals surface area (Å²) in [6.07, 6.45) is -0.155. The van der Waals surface area contributed by atoms with E-state index in [1.165, 1.54) is 5.56 Å². The van der Waals surface area contributed by atoms with Crippen LogP contribution >= 0.6 is 0 Å². The first-order valence-electron chi connectivity index (χ1n) is 12.7. The third-order valence-corrected chi connectivity index (χ3v) is 17.5. The van der Waals surface area contributed by atoms with Crippen molar-refractivity contribution in [2.75, 3.05) is 27.4 Å². The molecule has 5 nitrogen and oxygen atoms in total. The van der Waals surface area contributed by atoms with Gasteiger partial charge in [0.25, 0.3) is 0 Å². The number of ether oxygens (including phenoxy) is 2. The number of likely N-dealkylation sites (tertiary alicyclic amines) is 1. The summed E-state index contributed by atoms with van der Waals surface area (Å²) in [4.78, 5) is 2.53. The Morgan fingerprint density at radius 1 is 0.706 bits per heavy atom. The second-order valence-corrected chi connectivity index (χ2v) is 22.5. The lowest BCUT2D eigenvalue weighted by molar-refractivity contribution is -0.0368. The lowest BCUT2D eigenvalue weighted by Crippen LogP contribution is -2.49. The minimum absolute atomic E-state index is 0.0773. The maximum Gasteiger partial charge on any atom is 0.192 e. The third-order valence-electron chi connectivity index (χ3n) is 8.53. The SMILES string of the molecule is CO[C@@H]1[C@@H](OC)[C@@H](CO[Si](C)(C)C(C)(C)C)N(Cc2ccccc2)[C@@H]1CO[Si](C)(C)C(C)(C)C. The van der Waals surface area contributed by atoms with Crippen molar-refractivity contribution in [3.05, 3.63) is 35.9 Å². The number of methoxy groups -OCH3 is 2. The molecule has 0 N–H and O–H groups in total. The second kappa shape index (κ2) is 11.2. The van der Waals surface area contributed by atoms with Crippen molar-refractivity contribution in [3.63, 3.8) is 0 Å². The molecule has 1 heterocycles. The van der Waals surface area contributed by atoms with Crippen LogP contribution in [0.4, 0.5) is 0 Å². The zero-order valence-electron chi connectivity index (χ0n) is 23.9. The third kappa shape index (κ3) is 6.81. The van der Waals surface area contributed by atoms with Gasteiger partial charge in [-0.25, -0.2) is 0 Å². The van der Waals surface area contributed by atoms with Crippen LogP contribution in [0, 0.1) is 0 Å². The molecule has 4 atom stereocenters. The van der Waals surface area contributed by atoms with Crippen LogP contribution in [0.2, 0.25) is 36.3 Å². The first-order chi connectivity index (χ1) is 15.6. The summed E-state index contributed by atoms with van der Waals surface area (Å²) < 4.78 is 25.7. The van der Waals surface area contributed by atoms with Crippen molar-refractivity contribution < 1.29 is 18.3 Å². The van der Waals surface area contributed by atoms with Crippen molar-refractivity contribution in [2.45, 2.75) is 109 Å². The van der Waals surface area contributed by atoms with Crippen molar-refractivity contribution in [1.82, 2.24) is 4.90 Å². The summed E-state index contributed by atoms with van der Waals surface area (Å²) in [7, 11) is -0.224. The highest BCUT2D eigenvalue weighted by atomic mass is 28.4. The van der Waals surface area contributed by atoms with Crippen LogP contribution in [0.3, 0.4) is 0 Å². The summed E-state index contributed by atoms with van der Waals surface area (Å²) in [5.74, 6) is 0. The van der Waals surface area contributed by atoms with Crippen LogP contribution in [0.25, 0.3) is 0 Å². The van der Waals surface area contributed by atoms with Crippen molar-refractivity contribution in [3.8, 4) is 0 Å². The van der Waals surface area contributed by atoms with E-state index in [9.17, 15) is 0 Å². The van der Waals surface area contributed by atoms with Crippen molar-refractivity contribution >= 4 is 16.6 Å². The quantitative estimate of drug-likeness (QED) is 0.346. The number of benzene rings is 1. The first-order valence-corrected chi connectivity index (χ1v) is 18.5. The molecule has 0 aliphatic carbocycles. The Hall–Kier alpha value is -0.546. The fourth-order valence-corrected chi connectivity index (χ4v) is 6.11. The molecule has 0 aromatic heterocycles. The van der Waals surface area contributed by atoms with Crippen LogP contribution in [-0.4, -0.2) is 73.3 Å². The number of hydrogen-bond donors (Lipinski definition) is 0. The molecule has 0 radical (unpaired) electrons. The molecule has 0 spiro atoms. The molecule has 7 heteroatoms. The van der Waals surface area contributed by atoms with Gasteiger partial charge in [-0.15, -0.1) is 0 Å². The minimum atomic E-state index is -1.91. The Morgan fingerprint density at radius 2 is 1.09 bits per heavy atom. The van der Waals surface area contributed by atoms with Gasteiger partial charge in [-0.1, -0.05) is 71.9 Å². The molecule has 1 fully saturated rings. The topological polar surface area (TPSA) is 40.2 Å². The summed E-state index contributed by atoms with van der Waals surface area (Å²) >= 11 is 0. The number of nitrogens with zero attached hydrogens (tertiary/aromatic N) is 1. The Balaban J connectivity index is 2.38. The fraction of sp³-hybridized carbons (Fsp3) is 0.778. The van der Waals surface area contributed by atoms with Gasteiger partial charge in [-0.3, -0.25) is 4.90 Å². The van der Waals surface area contributed by atoms with Gasteiger partial charge < -0.3 is 18.3 Å². The highest BCUT2D eigenvalue weighted by Gasteiger charge is 2.51. The van der Waals surface area contributed by atoms with Crippen molar-refractivity contribution in [1.29, 1.82) is 0 Å². The second-order valence-electron chi connectivity index (χ2n) is 12.8. The van der Waals surface area contributed by atoms with E-state index in [1.54, 1.807) is 14.2 Å².